The molecule has 0 aromatic heterocycles. The number of hydrogen-bond donors (Lipinski definition) is 3. The van der Waals surface area contributed by atoms with Gasteiger partial charge in [-0.25, -0.2) is 4.79 Å². The molecule has 98 valence electrons. The summed E-state index contributed by atoms with van der Waals surface area (Å²) < 4.78 is 0. The maximum absolute atomic E-state index is 11.2. The second kappa shape index (κ2) is 7.48. The first-order chi connectivity index (χ1) is 7.84. The fourth-order valence-corrected chi connectivity index (χ4v) is 0.902. The minimum atomic E-state index is -0.965. The fourth-order valence-electron chi connectivity index (χ4n) is 0.902. The van der Waals surface area contributed by atoms with Gasteiger partial charge in [0.05, 0.1) is 5.92 Å². The van der Waals surface area contributed by atoms with E-state index >= 15 is 0 Å². The van der Waals surface area contributed by atoms with Crippen molar-refractivity contribution < 1.29 is 19.5 Å². The normalized spacial score (nSPS) is 11.5. The van der Waals surface area contributed by atoms with Crippen LogP contribution in [-0.4, -0.2) is 55.1 Å². The van der Waals surface area contributed by atoms with Crippen molar-refractivity contribution in [2.45, 2.75) is 13.3 Å². The number of carboxylic acid groups (broad SMARTS) is 1. The lowest BCUT2D eigenvalue weighted by Crippen LogP contribution is -2.40. The average molecular weight is 245 g/mol. The van der Waals surface area contributed by atoms with Gasteiger partial charge >= 0.3 is 12.0 Å². The second-order valence-electron chi connectivity index (χ2n) is 3.91. The van der Waals surface area contributed by atoms with Crippen LogP contribution in [-0.2, 0) is 9.59 Å². The number of aliphatic carboxylic acids is 1. The van der Waals surface area contributed by atoms with Crippen molar-refractivity contribution >= 4 is 17.9 Å². The molecule has 0 aliphatic carbocycles. The van der Waals surface area contributed by atoms with Gasteiger partial charge in [-0.3, -0.25) is 9.59 Å². The summed E-state index contributed by atoms with van der Waals surface area (Å²) in [5.41, 5.74) is 0. The Labute approximate surface area is 100 Å². The van der Waals surface area contributed by atoms with E-state index < -0.39 is 17.9 Å². The second-order valence-corrected chi connectivity index (χ2v) is 3.91. The molecule has 0 radical (unpaired) electrons. The van der Waals surface area contributed by atoms with Crippen LogP contribution in [0.1, 0.15) is 13.3 Å². The highest BCUT2D eigenvalue weighted by Crippen LogP contribution is 1.91. The largest absolute Gasteiger partial charge is 0.481 e. The zero-order valence-corrected chi connectivity index (χ0v) is 10.3. The lowest BCUT2D eigenvalue weighted by atomic mass is 10.2. The summed E-state index contributed by atoms with van der Waals surface area (Å²) in [5.74, 6) is -1.68. The number of carboxylic acids is 1. The molecule has 0 rings (SSSR count). The van der Waals surface area contributed by atoms with E-state index in [9.17, 15) is 14.4 Å². The maximum atomic E-state index is 11.2. The number of urea groups is 1. The van der Waals surface area contributed by atoms with Crippen LogP contribution in [0.2, 0.25) is 0 Å². The summed E-state index contributed by atoms with van der Waals surface area (Å²) >= 11 is 0. The standard InChI is InChI=1S/C10H19N3O4/c1-7(9(15)16)6-12-10(17)11-5-4-8(14)13(2)3/h7H,4-6H2,1-3H3,(H,15,16)(H2,11,12,17). The molecule has 0 bridgehead atoms. The van der Waals surface area contributed by atoms with Gasteiger partial charge in [0.1, 0.15) is 0 Å². The number of nitrogens with one attached hydrogen (secondary N) is 2. The van der Waals surface area contributed by atoms with E-state index in [1.165, 1.54) is 11.8 Å². The molecule has 0 saturated heterocycles. The van der Waals surface area contributed by atoms with Crippen LogP contribution < -0.4 is 10.6 Å². The van der Waals surface area contributed by atoms with Crippen molar-refractivity contribution in [3.05, 3.63) is 0 Å². The third-order valence-electron chi connectivity index (χ3n) is 2.11. The van der Waals surface area contributed by atoms with Crippen molar-refractivity contribution in [3.8, 4) is 0 Å². The van der Waals surface area contributed by atoms with Crippen LogP contribution in [0.25, 0.3) is 0 Å². The first kappa shape index (κ1) is 15.2. The molecule has 0 aliphatic rings. The van der Waals surface area contributed by atoms with E-state index in [1.807, 2.05) is 0 Å². The van der Waals surface area contributed by atoms with Crippen molar-refractivity contribution in [3.63, 3.8) is 0 Å². The molecule has 3 amide bonds. The van der Waals surface area contributed by atoms with Gasteiger partial charge in [-0.15, -0.1) is 0 Å². The Kier molecular flexibility index (Phi) is 6.69. The highest BCUT2D eigenvalue weighted by atomic mass is 16.4. The van der Waals surface area contributed by atoms with Gasteiger partial charge in [-0.1, -0.05) is 6.92 Å². The van der Waals surface area contributed by atoms with E-state index in [0.29, 0.717) is 0 Å². The van der Waals surface area contributed by atoms with Gasteiger partial charge in [0.2, 0.25) is 5.91 Å². The molecule has 0 aromatic rings. The molecule has 7 nitrogen and oxygen atoms in total. The predicted molar refractivity (Wildman–Crippen MR) is 61.5 cm³/mol. The molecule has 0 saturated carbocycles. The summed E-state index contributed by atoms with van der Waals surface area (Å²) in [4.78, 5) is 34.2. The molecule has 3 N–H and O–H groups in total. The van der Waals surface area contributed by atoms with Crippen molar-refractivity contribution in [2.24, 2.45) is 5.92 Å². The summed E-state index contributed by atoms with van der Waals surface area (Å²) in [6, 6.07) is -0.468. The zero-order valence-electron chi connectivity index (χ0n) is 10.3. The topological polar surface area (TPSA) is 98.7 Å². The van der Waals surface area contributed by atoms with E-state index in [0.717, 1.165) is 0 Å². The van der Waals surface area contributed by atoms with Crippen LogP contribution in [0.4, 0.5) is 4.79 Å². The SMILES string of the molecule is CC(CNC(=O)NCCC(=O)N(C)C)C(=O)O. The van der Waals surface area contributed by atoms with E-state index in [2.05, 4.69) is 10.6 Å². The number of carbonyl (C=O) groups is 3. The number of hydrogen-bond acceptors (Lipinski definition) is 3. The van der Waals surface area contributed by atoms with Gasteiger partial charge < -0.3 is 20.6 Å². The summed E-state index contributed by atoms with van der Waals surface area (Å²) in [5, 5.41) is 13.5. The number of rotatable bonds is 6. The Morgan fingerprint density at radius 2 is 1.82 bits per heavy atom. The highest BCUT2D eigenvalue weighted by Gasteiger charge is 2.12. The molecule has 17 heavy (non-hydrogen) atoms. The smallest absolute Gasteiger partial charge is 0.314 e. The number of amides is 3. The van der Waals surface area contributed by atoms with Gasteiger partial charge in [-0.2, -0.15) is 0 Å². The van der Waals surface area contributed by atoms with Crippen LogP contribution in [0.3, 0.4) is 0 Å². The Morgan fingerprint density at radius 1 is 1.24 bits per heavy atom. The number of carbonyl (C=O) groups excluding carboxylic acids is 2. The first-order valence-corrected chi connectivity index (χ1v) is 5.29. The average Bonchev–Trinajstić information content (AvgIpc) is 2.25. The summed E-state index contributed by atoms with van der Waals surface area (Å²) in [6.45, 7) is 1.78. The molecule has 1 atom stereocenters. The Hall–Kier alpha value is -1.79. The molecule has 0 aromatic carbocycles. The van der Waals surface area contributed by atoms with Crippen molar-refractivity contribution in [1.29, 1.82) is 0 Å². The highest BCUT2D eigenvalue weighted by molar-refractivity contribution is 5.78. The Morgan fingerprint density at radius 3 is 2.29 bits per heavy atom. The first-order valence-electron chi connectivity index (χ1n) is 5.29. The van der Waals surface area contributed by atoms with Crippen LogP contribution >= 0.6 is 0 Å². The molecule has 1 unspecified atom stereocenters. The Bertz CT molecular complexity index is 291. The van der Waals surface area contributed by atoms with Crippen molar-refractivity contribution in [2.75, 3.05) is 27.2 Å². The minimum absolute atomic E-state index is 0.0583. The minimum Gasteiger partial charge on any atom is -0.481 e. The van der Waals surface area contributed by atoms with Crippen LogP contribution in [0, 0.1) is 5.92 Å². The molecule has 7 heteroatoms. The van der Waals surface area contributed by atoms with Gasteiger partial charge in [-0.05, 0) is 0 Å². The summed E-state index contributed by atoms with van der Waals surface area (Å²) in [6.07, 6.45) is 0.217. The lowest BCUT2D eigenvalue weighted by Gasteiger charge is -2.12. The Balaban J connectivity index is 3.67. The quantitative estimate of drug-likeness (QED) is 0.586. The molecule has 0 fully saturated rings. The fraction of sp³-hybridized carbons (Fsp3) is 0.700. The molecular formula is C10H19N3O4. The maximum Gasteiger partial charge on any atom is 0.314 e. The van der Waals surface area contributed by atoms with Gasteiger partial charge in [0.25, 0.3) is 0 Å². The molecule has 0 spiro atoms. The third-order valence-corrected chi connectivity index (χ3v) is 2.11. The van der Waals surface area contributed by atoms with Gasteiger partial charge in [0, 0.05) is 33.6 Å². The van der Waals surface area contributed by atoms with Crippen LogP contribution in [0.5, 0.6) is 0 Å². The van der Waals surface area contributed by atoms with E-state index in [-0.39, 0.29) is 25.4 Å². The van der Waals surface area contributed by atoms with E-state index in [1.54, 1.807) is 14.1 Å². The lowest BCUT2D eigenvalue weighted by molar-refractivity contribution is -0.140. The third kappa shape index (κ3) is 7.15. The zero-order chi connectivity index (χ0) is 13.4. The summed E-state index contributed by atoms with van der Waals surface area (Å²) in [7, 11) is 3.27. The predicted octanol–water partition coefficient (Wildman–Crippen LogP) is -0.515. The van der Waals surface area contributed by atoms with E-state index in [4.69, 9.17) is 5.11 Å². The molecule has 0 heterocycles. The van der Waals surface area contributed by atoms with Gasteiger partial charge in [0.15, 0.2) is 0 Å². The van der Waals surface area contributed by atoms with Crippen molar-refractivity contribution in [1.82, 2.24) is 15.5 Å². The monoisotopic (exact) mass is 245 g/mol. The van der Waals surface area contributed by atoms with Crippen LogP contribution in [0.15, 0.2) is 0 Å². The molecule has 0 aliphatic heterocycles. The number of nitrogens with zero attached hydrogens (tertiary/aromatic N) is 1. The molecular weight excluding hydrogens is 226 g/mol.